The summed E-state index contributed by atoms with van der Waals surface area (Å²) in [4.78, 5) is 37.0. The molecule has 160 valence electrons. The van der Waals surface area contributed by atoms with Crippen molar-refractivity contribution in [2.45, 2.75) is 13.3 Å². The monoisotopic (exact) mass is 458 g/mol. The summed E-state index contributed by atoms with van der Waals surface area (Å²) in [5.41, 5.74) is 7.50. The number of rotatable bonds is 5. The zero-order valence-corrected chi connectivity index (χ0v) is 18.3. The van der Waals surface area contributed by atoms with Crippen molar-refractivity contribution in [1.29, 1.82) is 0 Å². The summed E-state index contributed by atoms with van der Waals surface area (Å²) < 4.78 is 1.66. The molecule has 0 aliphatic heterocycles. The Morgan fingerprint density at radius 2 is 1.55 bits per heavy atom. The van der Waals surface area contributed by atoms with Crippen molar-refractivity contribution in [3.05, 3.63) is 87.2 Å². The average Bonchev–Trinajstić information content (AvgIpc) is 3.09. The zero-order valence-electron chi connectivity index (χ0n) is 16.8. The Bertz CT molecular complexity index is 1120. The number of amides is 3. The lowest BCUT2D eigenvalue weighted by Crippen LogP contribution is -2.44. The van der Waals surface area contributed by atoms with Gasteiger partial charge in [-0.15, -0.1) is 0 Å². The van der Waals surface area contributed by atoms with Gasteiger partial charge in [0, 0.05) is 18.3 Å². The second kappa shape index (κ2) is 9.68. The third-order valence-corrected chi connectivity index (χ3v) is 5.26. The number of benzene rings is 2. The van der Waals surface area contributed by atoms with Crippen molar-refractivity contribution < 1.29 is 14.4 Å². The summed E-state index contributed by atoms with van der Waals surface area (Å²) in [6.45, 7) is 1.95. The predicted octanol–water partition coefficient (Wildman–Crippen LogP) is 4.27. The van der Waals surface area contributed by atoms with Crippen LogP contribution in [-0.2, 0) is 18.3 Å². The van der Waals surface area contributed by atoms with E-state index in [-0.39, 0.29) is 27.9 Å². The van der Waals surface area contributed by atoms with Crippen LogP contribution in [0.4, 0.5) is 10.5 Å². The van der Waals surface area contributed by atoms with E-state index in [1.807, 2.05) is 19.1 Å². The number of nitrogens with one attached hydrogen (secondary N) is 3. The Labute approximate surface area is 189 Å². The van der Waals surface area contributed by atoms with Crippen LogP contribution in [0.25, 0.3) is 0 Å². The summed E-state index contributed by atoms with van der Waals surface area (Å²) in [5, 5.41) is 3.01. The van der Waals surface area contributed by atoms with Crippen molar-refractivity contribution in [2.75, 3.05) is 5.32 Å². The smallest absolute Gasteiger partial charge is 0.338 e. The number of hydrogen-bond acceptors (Lipinski definition) is 3. The molecule has 9 heteroatoms. The van der Waals surface area contributed by atoms with Gasteiger partial charge >= 0.3 is 6.03 Å². The summed E-state index contributed by atoms with van der Waals surface area (Å²) in [6.07, 6.45) is -0.0369. The third-order valence-electron chi connectivity index (χ3n) is 4.63. The largest absolute Gasteiger partial charge is 0.344 e. The van der Waals surface area contributed by atoms with E-state index in [4.69, 9.17) is 23.2 Å². The Kier molecular flexibility index (Phi) is 6.99. The molecule has 2 aromatic carbocycles. The zero-order chi connectivity index (χ0) is 22.5. The molecule has 31 heavy (non-hydrogen) atoms. The van der Waals surface area contributed by atoms with Gasteiger partial charge in [-0.2, -0.15) is 0 Å². The molecular formula is C22H20Cl2N4O3. The maximum atomic E-state index is 12.7. The number of aryl methyl sites for hydroxylation is 1. The number of ketones is 1. The van der Waals surface area contributed by atoms with Crippen LogP contribution in [0.15, 0.2) is 54.6 Å². The number of carbonyl (C=O) groups is 3. The minimum absolute atomic E-state index is 0.0369. The van der Waals surface area contributed by atoms with Gasteiger partial charge in [-0.3, -0.25) is 15.0 Å². The topological polar surface area (TPSA) is 92.2 Å². The van der Waals surface area contributed by atoms with Gasteiger partial charge in [0.25, 0.3) is 0 Å². The number of halogens is 2. The lowest BCUT2D eigenvalue weighted by atomic mass is 10.1. The normalized spacial score (nSPS) is 10.5. The van der Waals surface area contributed by atoms with Crippen LogP contribution in [0.5, 0.6) is 0 Å². The van der Waals surface area contributed by atoms with Crippen LogP contribution in [0, 0.1) is 6.92 Å². The van der Waals surface area contributed by atoms with Crippen LogP contribution < -0.4 is 16.2 Å². The van der Waals surface area contributed by atoms with Gasteiger partial charge in [0.1, 0.15) is 0 Å². The minimum Gasteiger partial charge on any atom is -0.344 e. The number of para-hydroxylation sites is 1. The Morgan fingerprint density at radius 1 is 0.903 bits per heavy atom. The van der Waals surface area contributed by atoms with Crippen molar-refractivity contribution in [2.24, 2.45) is 7.05 Å². The van der Waals surface area contributed by atoms with Gasteiger partial charge in [-0.25, -0.2) is 10.2 Å². The average molecular weight is 459 g/mol. The Hall–Kier alpha value is -3.29. The number of carbonyl (C=O) groups excluding carboxylic acids is 3. The van der Waals surface area contributed by atoms with Crippen molar-refractivity contribution in [1.82, 2.24) is 15.4 Å². The van der Waals surface area contributed by atoms with Crippen LogP contribution in [0.1, 0.15) is 27.3 Å². The van der Waals surface area contributed by atoms with Crippen LogP contribution in [0.2, 0.25) is 10.0 Å². The highest BCUT2D eigenvalue weighted by Crippen LogP contribution is 2.29. The quantitative estimate of drug-likeness (QED) is 0.393. The van der Waals surface area contributed by atoms with Crippen molar-refractivity contribution >= 4 is 46.6 Å². The van der Waals surface area contributed by atoms with Gasteiger partial charge < -0.3 is 9.88 Å². The molecule has 0 bridgehead atoms. The van der Waals surface area contributed by atoms with Gasteiger partial charge in [0.2, 0.25) is 11.7 Å². The number of hydrogen-bond donors (Lipinski definition) is 3. The molecule has 3 aromatic rings. The van der Waals surface area contributed by atoms with E-state index in [1.165, 1.54) is 0 Å². The summed E-state index contributed by atoms with van der Waals surface area (Å²) in [7, 11) is 1.71. The summed E-state index contributed by atoms with van der Waals surface area (Å²) in [5.74, 6) is -0.598. The first kappa shape index (κ1) is 22.4. The Balaban J connectivity index is 1.58. The van der Waals surface area contributed by atoms with Crippen LogP contribution in [0.3, 0.4) is 0 Å². The molecule has 1 aromatic heterocycles. The molecule has 0 saturated heterocycles. The highest BCUT2D eigenvalue weighted by atomic mass is 35.5. The molecule has 7 nitrogen and oxygen atoms in total. The molecule has 1 heterocycles. The fourth-order valence-electron chi connectivity index (χ4n) is 2.91. The second-order valence-electron chi connectivity index (χ2n) is 6.86. The number of anilines is 1. The van der Waals surface area contributed by atoms with E-state index in [1.54, 1.807) is 54.1 Å². The molecule has 3 N–H and O–H groups in total. The van der Waals surface area contributed by atoms with Crippen molar-refractivity contribution in [3.63, 3.8) is 0 Å². The van der Waals surface area contributed by atoms with Gasteiger partial charge in [0.05, 0.1) is 27.8 Å². The molecule has 0 aliphatic carbocycles. The van der Waals surface area contributed by atoms with Crippen molar-refractivity contribution in [3.8, 4) is 0 Å². The maximum Gasteiger partial charge on any atom is 0.338 e. The molecule has 0 fully saturated rings. The Morgan fingerprint density at radius 3 is 2.19 bits per heavy atom. The molecule has 0 saturated carbocycles. The molecule has 3 rings (SSSR count). The van der Waals surface area contributed by atoms with E-state index in [0.717, 1.165) is 5.56 Å². The molecule has 3 amide bonds. The van der Waals surface area contributed by atoms with E-state index in [9.17, 15) is 14.4 Å². The maximum absolute atomic E-state index is 12.7. The van der Waals surface area contributed by atoms with E-state index >= 15 is 0 Å². The molecule has 0 aliphatic rings. The van der Waals surface area contributed by atoms with E-state index in [2.05, 4.69) is 16.2 Å². The first-order chi connectivity index (χ1) is 14.8. The first-order valence-electron chi connectivity index (χ1n) is 9.32. The standard InChI is InChI=1S/C22H20Cl2N4O3/c1-13-6-8-14(9-7-13)21(30)18-11-10-15(28(18)2)12-19(29)26-27-22(31)25-20-16(23)4-3-5-17(20)24/h3-11H,12H2,1-2H3,(H,26,29)(H2,25,27,31). The van der Waals surface area contributed by atoms with Gasteiger partial charge in [0.15, 0.2) is 0 Å². The third kappa shape index (κ3) is 5.45. The van der Waals surface area contributed by atoms with E-state index in [0.29, 0.717) is 17.0 Å². The van der Waals surface area contributed by atoms with Crippen LogP contribution in [-0.4, -0.2) is 22.3 Å². The molecule has 0 spiro atoms. The number of hydrazine groups is 1. The SMILES string of the molecule is Cc1ccc(C(=O)c2ccc(CC(=O)NNC(=O)Nc3c(Cl)cccc3Cl)n2C)cc1. The number of nitrogens with zero attached hydrogens (tertiary/aromatic N) is 1. The molecule has 0 radical (unpaired) electrons. The second-order valence-corrected chi connectivity index (χ2v) is 7.68. The number of urea groups is 1. The van der Waals surface area contributed by atoms with Gasteiger partial charge in [-0.05, 0) is 31.2 Å². The van der Waals surface area contributed by atoms with Gasteiger partial charge in [-0.1, -0.05) is 59.1 Å². The fraction of sp³-hybridized carbons (Fsp3) is 0.136. The van der Waals surface area contributed by atoms with Crippen LogP contribution >= 0.6 is 23.2 Å². The molecular weight excluding hydrogens is 439 g/mol. The lowest BCUT2D eigenvalue weighted by Gasteiger charge is -2.12. The lowest BCUT2D eigenvalue weighted by molar-refractivity contribution is -0.121. The minimum atomic E-state index is -0.703. The molecule has 0 unspecified atom stereocenters. The predicted molar refractivity (Wildman–Crippen MR) is 120 cm³/mol. The first-order valence-corrected chi connectivity index (χ1v) is 10.1. The highest BCUT2D eigenvalue weighted by Gasteiger charge is 2.17. The summed E-state index contributed by atoms with van der Waals surface area (Å²) >= 11 is 12.0. The fourth-order valence-corrected chi connectivity index (χ4v) is 3.40. The van der Waals surface area contributed by atoms with E-state index < -0.39 is 11.9 Å². The summed E-state index contributed by atoms with van der Waals surface area (Å²) in [6, 6.07) is 14.7. The number of aromatic nitrogens is 1. The highest BCUT2D eigenvalue weighted by molar-refractivity contribution is 6.39. The molecule has 0 atom stereocenters.